The van der Waals surface area contributed by atoms with Crippen LogP contribution in [0.25, 0.3) is 78.4 Å². The van der Waals surface area contributed by atoms with Gasteiger partial charge in [-0.05, 0) is 92.0 Å². The largest absolute Gasteiger partial charge is 0.228 e. The molecular formula is C50H35N3. The molecule has 1 heterocycles. The third kappa shape index (κ3) is 5.81. The summed E-state index contributed by atoms with van der Waals surface area (Å²) in [5.74, 6) is 0.704. The second kappa shape index (κ2) is 13.0. The first-order chi connectivity index (χ1) is 26.0. The first-order valence-corrected chi connectivity index (χ1v) is 18.0. The summed E-state index contributed by atoms with van der Waals surface area (Å²) in [4.78, 5) is 10.0. The Morgan fingerprint density at radius 2 is 0.943 bits per heavy atom. The average molecular weight is 678 g/mol. The molecule has 1 aliphatic rings. The molecule has 7 aromatic carbocycles. The fourth-order valence-corrected chi connectivity index (χ4v) is 7.72. The molecule has 0 radical (unpaired) electrons. The van der Waals surface area contributed by atoms with Crippen molar-refractivity contribution >= 4 is 0 Å². The Labute approximate surface area is 310 Å². The van der Waals surface area contributed by atoms with E-state index in [1.165, 1.54) is 27.8 Å². The van der Waals surface area contributed by atoms with Crippen LogP contribution in [-0.2, 0) is 5.41 Å². The van der Waals surface area contributed by atoms with Gasteiger partial charge < -0.3 is 0 Å². The first-order valence-electron chi connectivity index (χ1n) is 18.0. The third-order valence-electron chi connectivity index (χ3n) is 10.6. The quantitative estimate of drug-likeness (QED) is 0.176. The fourth-order valence-electron chi connectivity index (χ4n) is 7.72. The molecule has 0 saturated heterocycles. The molecule has 0 saturated carbocycles. The van der Waals surface area contributed by atoms with E-state index in [1.54, 1.807) is 0 Å². The molecule has 0 spiro atoms. The van der Waals surface area contributed by atoms with Crippen LogP contribution in [0, 0.1) is 11.3 Å². The van der Waals surface area contributed by atoms with Crippen molar-refractivity contribution in [1.82, 2.24) is 9.97 Å². The molecule has 0 amide bonds. The smallest absolute Gasteiger partial charge is 0.160 e. The molecule has 53 heavy (non-hydrogen) atoms. The number of rotatable bonds is 6. The van der Waals surface area contributed by atoms with Gasteiger partial charge in [-0.3, -0.25) is 0 Å². The zero-order valence-corrected chi connectivity index (χ0v) is 29.6. The normalized spacial score (nSPS) is 12.5. The van der Waals surface area contributed by atoms with E-state index in [2.05, 4.69) is 147 Å². The number of hydrogen-bond acceptors (Lipinski definition) is 3. The van der Waals surface area contributed by atoms with Crippen LogP contribution in [0.2, 0.25) is 0 Å². The van der Waals surface area contributed by atoms with E-state index >= 15 is 0 Å². The predicted octanol–water partition coefficient (Wildman–Crippen LogP) is 12.7. The maximum atomic E-state index is 9.49. The molecule has 0 bridgehead atoms. The molecule has 1 aliphatic carbocycles. The molecular weight excluding hydrogens is 643 g/mol. The van der Waals surface area contributed by atoms with Crippen molar-refractivity contribution in [1.29, 1.82) is 5.26 Å². The summed E-state index contributed by atoms with van der Waals surface area (Å²) in [6.07, 6.45) is 0. The van der Waals surface area contributed by atoms with Gasteiger partial charge in [-0.1, -0.05) is 153 Å². The highest BCUT2D eigenvalue weighted by atomic mass is 14.9. The standard InChI is InChI=1S/C50H35N3/c1-50(2)45-19-10-9-18-41(45)44-29-42(35-22-20-33(32-51)21-23-35)43(30-46(44)50)36-26-24-34(25-27-36)39-16-11-17-40(28-39)48-31-47(37-12-5-3-6-13-37)52-49(53-48)38-14-7-4-8-15-38/h3-31H,1-2H3. The highest BCUT2D eigenvalue weighted by Crippen LogP contribution is 2.51. The summed E-state index contributed by atoms with van der Waals surface area (Å²) >= 11 is 0. The van der Waals surface area contributed by atoms with Crippen LogP contribution in [0.15, 0.2) is 176 Å². The van der Waals surface area contributed by atoms with E-state index in [0.29, 0.717) is 11.4 Å². The van der Waals surface area contributed by atoms with Gasteiger partial charge in [0.15, 0.2) is 5.82 Å². The minimum absolute atomic E-state index is 0.119. The summed E-state index contributed by atoms with van der Waals surface area (Å²) < 4.78 is 0. The molecule has 1 aromatic heterocycles. The first kappa shape index (κ1) is 32.0. The molecule has 9 rings (SSSR count). The van der Waals surface area contributed by atoms with Gasteiger partial charge in [0.05, 0.1) is 23.0 Å². The number of nitriles is 1. The SMILES string of the molecule is CC1(C)c2ccccc2-c2cc(-c3ccc(C#N)cc3)c(-c3ccc(-c4cccc(-c5cc(-c6ccccc6)nc(-c6ccccc6)n5)c4)cc3)cc21. The Balaban J connectivity index is 1.12. The summed E-state index contributed by atoms with van der Waals surface area (Å²) in [6.45, 7) is 4.64. The Hall–Kier alpha value is -6.89. The third-order valence-corrected chi connectivity index (χ3v) is 10.6. The van der Waals surface area contributed by atoms with Gasteiger partial charge in [-0.25, -0.2) is 9.97 Å². The lowest BCUT2D eigenvalue weighted by Crippen LogP contribution is -2.15. The van der Waals surface area contributed by atoms with Crippen molar-refractivity contribution in [3.05, 3.63) is 193 Å². The molecule has 8 aromatic rings. The van der Waals surface area contributed by atoms with Crippen LogP contribution in [0.1, 0.15) is 30.5 Å². The molecule has 0 N–H and O–H groups in total. The second-order valence-electron chi connectivity index (χ2n) is 14.2. The van der Waals surface area contributed by atoms with Crippen molar-refractivity contribution in [3.8, 4) is 84.5 Å². The summed E-state index contributed by atoms with van der Waals surface area (Å²) in [5, 5.41) is 9.49. The van der Waals surface area contributed by atoms with Crippen LogP contribution in [0.4, 0.5) is 0 Å². The van der Waals surface area contributed by atoms with Gasteiger partial charge in [-0.2, -0.15) is 5.26 Å². The van der Waals surface area contributed by atoms with Crippen molar-refractivity contribution < 1.29 is 0 Å². The van der Waals surface area contributed by atoms with Crippen LogP contribution in [0.3, 0.4) is 0 Å². The fraction of sp³-hybridized carbons (Fsp3) is 0.0600. The number of nitrogens with zero attached hydrogens (tertiary/aromatic N) is 3. The van der Waals surface area contributed by atoms with Crippen LogP contribution < -0.4 is 0 Å². The maximum Gasteiger partial charge on any atom is 0.160 e. The van der Waals surface area contributed by atoms with Crippen molar-refractivity contribution in [2.24, 2.45) is 0 Å². The average Bonchev–Trinajstić information content (AvgIpc) is 3.46. The molecule has 0 unspecified atom stereocenters. The van der Waals surface area contributed by atoms with Crippen LogP contribution >= 0.6 is 0 Å². The Morgan fingerprint density at radius 3 is 1.64 bits per heavy atom. The molecule has 3 nitrogen and oxygen atoms in total. The lowest BCUT2D eigenvalue weighted by molar-refractivity contribution is 0.660. The number of hydrogen-bond donors (Lipinski definition) is 0. The predicted molar refractivity (Wildman–Crippen MR) is 217 cm³/mol. The maximum absolute atomic E-state index is 9.49. The van der Waals surface area contributed by atoms with Gasteiger partial charge in [0.1, 0.15) is 0 Å². The van der Waals surface area contributed by atoms with Crippen molar-refractivity contribution in [2.45, 2.75) is 19.3 Å². The zero-order chi connectivity index (χ0) is 35.9. The lowest BCUT2D eigenvalue weighted by Gasteiger charge is -2.23. The second-order valence-corrected chi connectivity index (χ2v) is 14.2. The minimum atomic E-state index is -0.119. The number of fused-ring (bicyclic) bond motifs is 3. The van der Waals surface area contributed by atoms with Gasteiger partial charge >= 0.3 is 0 Å². The molecule has 0 aliphatic heterocycles. The van der Waals surface area contributed by atoms with Gasteiger partial charge in [0.2, 0.25) is 0 Å². The van der Waals surface area contributed by atoms with Gasteiger partial charge in [0, 0.05) is 22.1 Å². The monoisotopic (exact) mass is 677 g/mol. The summed E-state index contributed by atoms with van der Waals surface area (Å²) in [7, 11) is 0. The number of benzene rings is 7. The van der Waals surface area contributed by atoms with E-state index in [0.717, 1.165) is 55.9 Å². The van der Waals surface area contributed by atoms with E-state index in [-0.39, 0.29) is 5.41 Å². The summed E-state index contributed by atoms with van der Waals surface area (Å²) in [6, 6.07) is 63.8. The highest BCUT2D eigenvalue weighted by molar-refractivity contribution is 5.93. The van der Waals surface area contributed by atoms with E-state index < -0.39 is 0 Å². The molecule has 0 atom stereocenters. The molecule has 250 valence electrons. The van der Waals surface area contributed by atoms with Gasteiger partial charge in [-0.15, -0.1) is 0 Å². The van der Waals surface area contributed by atoms with Crippen LogP contribution in [0.5, 0.6) is 0 Å². The Kier molecular flexibility index (Phi) is 7.87. The highest BCUT2D eigenvalue weighted by Gasteiger charge is 2.36. The minimum Gasteiger partial charge on any atom is -0.228 e. The molecule has 0 fully saturated rings. The molecule has 3 heteroatoms. The number of aromatic nitrogens is 2. The van der Waals surface area contributed by atoms with Crippen molar-refractivity contribution in [2.75, 3.05) is 0 Å². The van der Waals surface area contributed by atoms with Crippen molar-refractivity contribution in [3.63, 3.8) is 0 Å². The van der Waals surface area contributed by atoms with Gasteiger partial charge in [0.25, 0.3) is 0 Å². The lowest BCUT2D eigenvalue weighted by atomic mass is 9.80. The van der Waals surface area contributed by atoms with E-state index in [1.807, 2.05) is 48.5 Å². The summed E-state index contributed by atoms with van der Waals surface area (Å²) in [5.41, 5.74) is 17.5. The Bertz CT molecular complexity index is 2610. The zero-order valence-electron chi connectivity index (χ0n) is 29.6. The van der Waals surface area contributed by atoms with Crippen LogP contribution in [-0.4, -0.2) is 9.97 Å². The Morgan fingerprint density at radius 1 is 0.396 bits per heavy atom. The van der Waals surface area contributed by atoms with E-state index in [9.17, 15) is 5.26 Å². The van der Waals surface area contributed by atoms with E-state index in [4.69, 9.17) is 9.97 Å². The topological polar surface area (TPSA) is 49.6 Å².